The standard InChI is InChI=1S/C16H16Cl3F/c1-9-4-6-14(18)16(19)10(2)3-5-12-13(9)7-11(17)8-15(12)20/h6-9H,3-5H2,1-2H3. The fraction of sp³-hybridized carbons (Fsp3) is 0.375. The Morgan fingerprint density at radius 1 is 1.15 bits per heavy atom. The summed E-state index contributed by atoms with van der Waals surface area (Å²) in [6.45, 7) is 3.97. The highest BCUT2D eigenvalue weighted by molar-refractivity contribution is 6.44. The summed E-state index contributed by atoms with van der Waals surface area (Å²) in [6.07, 6.45) is 3.89. The molecule has 0 saturated heterocycles. The predicted octanol–water partition coefficient (Wildman–Crippen LogP) is 6.55. The maximum absolute atomic E-state index is 14.2. The quantitative estimate of drug-likeness (QED) is 0.504. The second kappa shape index (κ2) is 6.51. The Balaban J connectivity index is 2.52. The lowest BCUT2D eigenvalue weighted by molar-refractivity contribution is 0.598. The highest BCUT2D eigenvalue weighted by atomic mass is 35.5. The van der Waals surface area contributed by atoms with E-state index in [1.807, 2.05) is 26.0 Å². The molecule has 1 atom stereocenters. The number of allylic oxidation sites excluding steroid dienone is 4. The first-order valence-corrected chi connectivity index (χ1v) is 7.72. The molecule has 0 aromatic heterocycles. The third-order valence-corrected chi connectivity index (χ3v) is 4.90. The Morgan fingerprint density at radius 2 is 1.85 bits per heavy atom. The summed E-state index contributed by atoms with van der Waals surface area (Å²) in [5.74, 6) is -0.0891. The SMILES string of the molecule is CC1=C(Cl)C(Cl)=CCC(C)c2cc(Cl)cc(F)c2CC1. The predicted molar refractivity (Wildman–Crippen MR) is 85.3 cm³/mol. The van der Waals surface area contributed by atoms with Crippen LogP contribution in [-0.2, 0) is 6.42 Å². The molecule has 0 bridgehead atoms. The van der Waals surface area contributed by atoms with Crippen molar-refractivity contribution in [3.63, 3.8) is 0 Å². The lowest BCUT2D eigenvalue weighted by atomic mass is 9.89. The van der Waals surface area contributed by atoms with E-state index in [0.29, 0.717) is 34.3 Å². The summed E-state index contributed by atoms with van der Waals surface area (Å²) < 4.78 is 14.2. The number of halogens is 4. The van der Waals surface area contributed by atoms with Crippen molar-refractivity contribution < 1.29 is 4.39 Å². The van der Waals surface area contributed by atoms with Crippen molar-refractivity contribution in [3.05, 3.63) is 55.8 Å². The first-order chi connectivity index (χ1) is 9.40. The van der Waals surface area contributed by atoms with Gasteiger partial charge in [-0.05, 0) is 55.4 Å². The van der Waals surface area contributed by atoms with Crippen LogP contribution in [0.1, 0.15) is 43.7 Å². The third kappa shape index (κ3) is 3.39. The van der Waals surface area contributed by atoms with Crippen LogP contribution in [0.25, 0.3) is 0 Å². The molecule has 0 fully saturated rings. The van der Waals surface area contributed by atoms with Crippen LogP contribution in [0.2, 0.25) is 5.02 Å². The van der Waals surface area contributed by atoms with Crippen LogP contribution in [0, 0.1) is 5.82 Å². The van der Waals surface area contributed by atoms with Gasteiger partial charge in [0.15, 0.2) is 0 Å². The zero-order valence-electron chi connectivity index (χ0n) is 11.4. The van der Waals surface area contributed by atoms with Crippen molar-refractivity contribution >= 4 is 34.8 Å². The molecule has 20 heavy (non-hydrogen) atoms. The van der Waals surface area contributed by atoms with Crippen LogP contribution in [0.15, 0.2) is 33.8 Å². The highest BCUT2D eigenvalue weighted by Gasteiger charge is 2.18. The van der Waals surface area contributed by atoms with Crippen molar-refractivity contribution in [1.82, 2.24) is 0 Å². The van der Waals surface area contributed by atoms with Gasteiger partial charge >= 0.3 is 0 Å². The Labute approximate surface area is 134 Å². The van der Waals surface area contributed by atoms with E-state index in [1.165, 1.54) is 6.07 Å². The van der Waals surface area contributed by atoms with Gasteiger partial charge in [-0.15, -0.1) is 0 Å². The summed E-state index contributed by atoms with van der Waals surface area (Å²) in [6, 6.07) is 3.23. The molecule has 1 aliphatic carbocycles. The minimum Gasteiger partial charge on any atom is -0.207 e. The molecule has 0 saturated carbocycles. The summed E-state index contributed by atoms with van der Waals surface area (Å²) in [4.78, 5) is 0. The number of fused-ring (bicyclic) bond motifs is 1. The number of rotatable bonds is 0. The maximum Gasteiger partial charge on any atom is 0.128 e. The Kier molecular flexibility index (Phi) is 5.17. The van der Waals surface area contributed by atoms with E-state index < -0.39 is 0 Å². The molecule has 0 amide bonds. The van der Waals surface area contributed by atoms with Gasteiger partial charge in [-0.25, -0.2) is 4.39 Å². The van der Waals surface area contributed by atoms with Gasteiger partial charge in [0, 0.05) is 5.02 Å². The van der Waals surface area contributed by atoms with Crippen LogP contribution in [0.3, 0.4) is 0 Å². The topological polar surface area (TPSA) is 0 Å². The molecule has 1 unspecified atom stereocenters. The van der Waals surface area contributed by atoms with E-state index in [9.17, 15) is 4.39 Å². The highest BCUT2D eigenvalue weighted by Crippen LogP contribution is 2.34. The van der Waals surface area contributed by atoms with Gasteiger partial charge in [0.25, 0.3) is 0 Å². The van der Waals surface area contributed by atoms with Gasteiger partial charge in [-0.2, -0.15) is 0 Å². The van der Waals surface area contributed by atoms with E-state index in [2.05, 4.69) is 0 Å². The van der Waals surface area contributed by atoms with Crippen molar-refractivity contribution in [3.8, 4) is 0 Å². The number of benzene rings is 1. The first-order valence-electron chi connectivity index (χ1n) is 6.59. The minimum absolute atomic E-state index is 0.148. The number of hydrogen-bond acceptors (Lipinski definition) is 0. The molecule has 108 valence electrons. The molecule has 4 heteroatoms. The summed E-state index contributed by atoms with van der Waals surface area (Å²) in [7, 11) is 0. The number of hydrogen-bond donors (Lipinski definition) is 0. The molecular formula is C16H16Cl3F. The van der Waals surface area contributed by atoms with Gasteiger partial charge in [-0.3, -0.25) is 0 Å². The van der Waals surface area contributed by atoms with Gasteiger partial charge < -0.3 is 0 Å². The molecule has 0 heterocycles. The van der Waals surface area contributed by atoms with Crippen LogP contribution >= 0.6 is 34.8 Å². The molecular weight excluding hydrogens is 318 g/mol. The first kappa shape index (κ1) is 15.9. The maximum atomic E-state index is 14.2. The van der Waals surface area contributed by atoms with Gasteiger partial charge in [-0.1, -0.05) is 53.4 Å². The fourth-order valence-corrected chi connectivity index (χ4v) is 3.09. The molecule has 0 nitrogen and oxygen atoms in total. The summed E-state index contributed by atoms with van der Waals surface area (Å²) in [5.41, 5.74) is 2.67. The fourth-order valence-electron chi connectivity index (χ4n) is 2.45. The monoisotopic (exact) mass is 332 g/mol. The minimum atomic E-state index is -0.237. The van der Waals surface area contributed by atoms with Crippen LogP contribution < -0.4 is 0 Å². The zero-order valence-corrected chi connectivity index (χ0v) is 13.7. The van der Waals surface area contributed by atoms with Crippen LogP contribution in [0.5, 0.6) is 0 Å². The van der Waals surface area contributed by atoms with Gasteiger partial charge in [0.05, 0.1) is 10.1 Å². The van der Waals surface area contributed by atoms with Crippen LogP contribution in [0.4, 0.5) is 4.39 Å². The second-order valence-corrected chi connectivity index (χ2v) is 6.46. The Hall–Kier alpha value is -0.500. The average molecular weight is 334 g/mol. The Morgan fingerprint density at radius 3 is 2.55 bits per heavy atom. The van der Waals surface area contributed by atoms with E-state index in [0.717, 1.165) is 16.7 Å². The van der Waals surface area contributed by atoms with Crippen molar-refractivity contribution in [2.24, 2.45) is 0 Å². The summed E-state index contributed by atoms with van der Waals surface area (Å²) >= 11 is 18.4. The molecule has 2 rings (SSSR count). The molecule has 1 aromatic rings. The van der Waals surface area contributed by atoms with Gasteiger partial charge in [0.2, 0.25) is 0 Å². The lowest BCUT2D eigenvalue weighted by Crippen LogP contribution is -2.04. The summed E-state index contributed by atoms with van der Waals surface area (Å²) in [5, 5.41) is 1.59. The molecule has 1 aromatic carbocycles. The lowest BCUT2D eigenvalue weighted by Gasteiger charge is -2.19. The average Bonchev–Trinajstić information content (AvgIpc) is 2.40. The van der Waals surface area contributed by atoms with Gasteiger partial charge in [0.1, 0.15) is 5.82 Å². The molecule has 0 spiro atoms. The van der Waals surface area contributed by atoms with E-state index >= 15 is 0 Å². The normalized spacial score (nSPS) is 20.5. The molecule has 1 aliphatic rings. The smallest absolute Gasteiger partial charge is 0.128 e. The van der Waals surface area contributed by atoms with E-state index in [-0.39, 0.29) is 11.7 Å². The second-order valence-electron chi connectivity index (χ2n) is 5.24. The van der Waals surface area contributed by atoms with Crippen molar-refractivity contribution in [2.75, 3.05) is 0 Å². The molecule has 0 aliphatic heterocycles. The van der Waals surface area contributed by atoms with Crippen LogP contribution in [-0.4, -0.2) is 0 Å². The van der Waals surface area contributed by atoms with E-state index in [4.69, 9.17) is 34.8 Å². The molecule has 0 radical (unpaired) electrons. The zero-order chi connectivity index (χ0) is 14.9. The van der Waals surface area contributed by atoms with Crippen molar-refractivity contribution in [1.29, 1.82) is 0 Å². The molecule has 0 N–H and O–H groups in total. The largest absolute Gasteiger partial charge is 0.207 e. The third-order valence-electron chi connectivity index (χ3n) is 3.71. The van der Waals surface area contributed by atoms with E-state index in [1.54, 1.807) is 0 Å². The van der Waals surface area contributed by atoms with Crippen molar-refractivity contribution in [2.45, 2.75) is 39.0 Å². The Bertz CT molecular complexity index is 588.